The Hall–Kier alpha value is -2.11. The first kappa shape index (κ1) is 14.5. The molecule has 1 saturated heterocycles. The summed E-state index contributed by atoms with van der Waals surface area (Å²) in [7, 11) is 0. The average Bonchev–Trinajstić information content (AvgIpc) is 3.13. The van der Waals surface area contributed by atoms with Gasteiger partial charge in [-0.1, -0.05) is 13.0 Å². The summed E-state index contributed by atoms with van der Waals surface area (Å²) in [6, 6.07) is 6.04. The summed E-state index contributed by atoms with van der Waals surface area (Å²) in [4.78, 5) is 14.2. The van der Waals surface area contributed by atoms with Crippen LogP contribution >= 0.6 is 0 Å². The standard InChI is InChI=1S/C17H23N5O/c1-12-10-14(12)11-18-17(23)21-8-5-13(6-9-21)16-20-19-15-4-2-3-7-22(15)16/h2-4,7,12-14H,5-6,8-11H2,1H3,(H,18,23)/t12-,14+/m0/s1. The van der Waals surface area contributed by atoms with Crippen LogP contribution < -0.4 is 5.32 Å². The fourth-order valence-electron chi connectivity index (χ4n) is 3.49. The lowest BCUT2D eigenvalue weighted by Crippen LogP contribution is -2.44. The Balaban J connectivity index is 1.34. The van der Waals surface area contributed by atoms with Crippen LogP contribution in [0.25, 0.3) is 5.65 Å². The van der Waals surface area contributed by atoms with Gasteiger partial charge in [-0.3, -0.25) is 4.40 Å². The van der Waals surface area contributed by atoms with Crippen molar-refractivity contribution < 1.29 is 4.79 Å². The highest BCUT2D eigenvalue weighted by Gasteiger charge is 2.33. The Bertz CT molecular complexity index is 704. The second-order valence-electron chi connectivity index (χ2n) is 6.91. The van der Waals surface area contributed by atoms with Gasteiger partial charge in [-0.05, 0) is 43.2 Å². The van der Waals surface area contributed by atoms with E-state index in [2.05, 4.69) is 26.8 Å². The number of piperidine rings is 1. The number of hydrogen-bond donors (Lipinski definition) is 1. The number of fused-ring (bicyclic) bond motifs is 1. The molecule has 2 fully saturated rings. The van der Waals surface area contributed by atoms with Crippen molar-refractivity contribution in [2.75, 3.05) is 19.6 Å². The molecule has 1 N–H and O–H groups in total. The molecule has 6 nitrogen and oxygen atoms in total. The number of pyridine rings is 1. The maximum absolute atomic E-state index is 12.2. The molecule has 122 valence electrons. The molecule has 2 atom stereocenters. The molecule has 4 rings (SSSR count). The third-order valence-electron chi connectivity index (χ3n) is 5.28. The van der Waals surface area contributed by atoms with Gasteiger partial charge in [0.1, 0.15) is 5.82 Å². The predicted octanol–water partition coefficient (Wildman–Crippen LogP) is 2.27. The van der Waals surface area contributed by atoms with Crippen molar-refractivity contribution >= 4 is 11.7 Å². The molecule has 0 unspecified atom stereocenters. The Kier molecular flexibility index (Phi) is 3.67. The molecule has 2 aromatic rings. The zero-order valence-electron chi connectivity index (χ0n) is 13.5. The lowest BCUT2D eigenvalue weighted by molar-refractivity contribution is 0.179. The summed E-state index contributed by atoms with van der Waals surface area (Å²) in [5.74, 6) is 2.87. The van der Waals surface area contributed by atoms with Crippen molar-refractivity contribution in [1.82, 2.24) is 24.8 Å². The highest BCUT2D eigenvalue weighted by atomic mass is 16.2. The second-order valence-corrected chi connectivity index (χ2v) is 6.91. The minimum Gasteiger partial charge on any atom is -0.338 e. The van der Waals surface area contributed by atoms with E-state index in [0.29, 0.717) is 11.8 Å². The number of amides is 2. The second kappa shape index (κ2) is 5.83. The zero-order valence-corrected chi connectivity index (χ0v) is 13.5. The van der Waals surface area contributed by atoms with E-state index in [1.165, 1.54) is 6.42 Å². The van der Waals surface area contributed by atoms with E-state index in [0.717, 1.165) is 49.9 Å². The zero-order chi connectivity index (χ0) is 15.8. The highest BCUT2D eigenvalue weighted by Crippen LogP contribution is 2.36. The van der Waals surface area contributed by atoms with Gasteiger partial charge in [0.15, 0.2) is 5.65 Å². The number of carbonyl (C=O) groups excluding carboxylic acids is 1. The van der Waals surface area contributed by atoms with Crippen LogP contribution in [0.15, 0.2) is 24.4 Å². The predicted molar refractivity (Wildman–Crippen MR) is 87.2 cm³/mol. The van der Waals surface area contributed by atoms with Gasteiger partial charge >= 0.3 is 6.03 Å². The van der Waals surface area contributed by atoms with Gasteiger partial charge in [-0.15, -0.1) is 10.2 Å². The topological polar surface area (TPSA) is 62.5 Å². The van der Waals surface area contributed by atoms with Crippen LogP contribution in [-0.2, 0) is 0 Å². The van der Waals surface area contributed by atoms with E-state index in [-0.39, 0.29) is 6.03 Å². The summed E-state index contributed by atoms with van der Waals surface area (Å²) < 4.78 is 2.06. The Morgan fingerprint density at radius 3 is 2.83 bits per heavy atom. The molecule has 1 aliphatic heterocycles. The van der Waals surface area contributed by atoms with E-state index in [1.54, 1.807) is 0 Å². The molecule has 0 radical (unpaired) electrons. The molecular weight excluding hydrogens is 290 g/mol. The van der Waals surface area contributed by atoms with Gasteiger partial charge in [-0.25, -0.2) is 4.79 Å². The first-order valence-electron chi connectivity index (χ1n) is 8.55. The van der Waals surface area contributed by atoms with Crippen LogP contribution in [0.3, 0.4) is 0 Å². The average molecular weight is 313 g/mol. The number of nitrogens with one attached hydrogen (secondary N) is 1. The van der Waals surface area contributed by atoms with Gasteiger partial charge in [0.05, 0.1) is 0 Å². The molecular formula is C17H23N5O. The molecule has 0 aromatic carbocycles. The lowest BCUT2D eigenvalue weighted by atomic mass is 9.96. The fourth-order valence-corrected chi connectivity index (χ4v) is 3.49. The molecule has 2 aromatic heterocycles. The molecule has 3 heterocycles. The van der Waals surface area contributed by atoms with Crippen LogP contribution in [-0.4, -0.2) is 45.2 Å². The molecule has 6 heteroatoms. The van der Waals surface area contributed by atoms with E-state index in [1.807, 2.05) is 29.3 Å². The molecule has 1 aliphatic carbocycles. The number of likely N-dealkylation sites (tertiary alicyclic amines) is 1. The van der Waals surface area contributed by atoms with E-state index in [4.69, 9.17) is 0 Å². The van der Waals surface area contributed by atoms with E-state index < -0.39 is 0 Å². The van der Waals surface area contributed by atoms with Crippen molar-refractivity contribution in [3.8, 4) is 0 Å². The Morgan fingerprint density at radius 1 is 1.30 bits per heavy atom. The number of urea groups is 1. The fraction of sp³-hybridized carbons (Fsp3) is 0.588. The maximum atomic E-state index is 12.2. The van der Waals surface area contributed by atoms with Gasteiger partial charge in [-0.2, -0.15) is 0 Å². The van der Waals surface area contributed by atoms with Gasteiger partial charge in [0, 0.05) is 31.7 Å². The largest absolute Gasteiger partial charge is 0.338 e. The van der Waals surface area contributed by atoms with Crippen molar-refractivity contribution in [2.45, 2.75) is 32.1 Å². The molecule has 0 spiro atoms. The number of carbonyl (C=O) groups is 1. The normalized spacial score (nSPS) is 24.8. The Morgan fingerprint density at radius 2 is 2.09 bits per heavy atom. The minimum absolute atomic E-state index is 0.0913. The van der Waals surface area contributed by atoms with Gasteiger partial charge in [0.2, 0.25) is 0 Å². The van der Waals surface area contributed by atoms with Gasteiger partial charge < -0.3 is 10.2 Å². The van der Waals surface area contributed by atoms with Crippen LogP contribution in [0.4, 0.5) is 4.79 Å². The number of aromatic nitrogens is 3. The highest BCUT2D eigenvalue weighted by molar-refractivity contribution is 5.74. The molecule has 2 aliphatic rings. The molecule has 0 bridgehead atoms. The number of nitrogens with zero attached hydrogens (tertiary/aromatic N) is 4. The minimum atomic E-state index is 0.0913. The summed E-state index contributed by atoms with van der Waals surface area (Å²) in [6.45, 7) is 4.65. The summed E-state index contributed by atoms with van der Waals surface area (Å²) in [5.41, 5.74) is 0.890. The molecule has 2 amide bonds. The summed E-state index contributed by atoms with van der Waals surface area (Å²) >= 11 is 0. The quantitative estimate of drug-likeness (QED) is 0.945. The van der Waals surface area contributed by atoms with Crippen LogP contribution in [0, 0.1) is 11.8 Å². The van der Waals surface area contributed by atoms with Gasteiger partial charge in [0.25, 0.3) is 0 Å². The monoisotopic (exact) mass is 313 g/mol. The summed E-state index contributed by atoms with van der Waals surface area (Å²) in [6.07, 6.45) is 5.16. The van der Waals surface area contributed by atoms with E-state index >= 15 is 0 Å². The first-order chi connectivity index (χ1) is 11.2. The lowest BCUT2D eigenvalue weighted by Gasteiger charge is -2.31. The van der Waals surface area contributed by atoms with E-state index in [9.17, 15) is 4.79 Å². The van der Waals surface area contributed by atoms with Crippen LogP contribution in [0.2, 0.25) is 0 Å². The third-order valence-corrected chi connectivity index (χ3v) is 5.28. The maximum Gasteiger partial charge on any atom is 0.317 e. The van der Waals surface area contributed by atoms with Crippen LogP contribution in [0.1, 0.15) is 37.9 Å². The SMILES string of the molecule is C[C@H]1C[C@@H]1CNC(=O)N1CCC(c2nnc3ccccn23)CC1. The third kappa shape index (κ3) is 2.90. The molecule has 23 heavy (non-hydrogen) atoms. The van der Waals surface area contributed by atoms with Crippen molar-refractivity contribution in [3.63, 3.8) is 0 Å². The summed E-state index contributed by atoms with van der Waals surface area (Å²) in [5, 5.41) is 11.7. The number of hydrogen-bond acceptors (Lipinski definition) is 3. The van der Waals surface area contributed by atoms with Crippen molar-refractivity contribution in [2.24, 2.45) is 11.8 Å². The smallest absolute Gasteiger partial charge is 0.317 e. The first-order valence-corrected chi connectivity index (χ1v) is 8.55. The van der Waals surface area contributed by atoms with Crippen molar-refractivity contribution in [1.29, 1.82) is 0 Å². The van der Waals surface area contributed by atoms with Crippen LogP contribution in [0.5, 0.6) is 0 Å². The Labute approximate surface area is 135 Å². The molecule has 1 saturated carbocycles. The number of rotatable bonds is 3. The van der Waals surface area contributed by atoms with Crippen molar-refractivity contribution in [3.05, 3.63) is 30.2 Å².